The van der Waals surface area contributed by atoms with Crippen molar-refractivity contribution in [3.63, 3.8) is 0 Å². The van der Waals surface area contributed by atoms with Gasteiger partial charge in [0.2, 0.25) is 0 Å². The van der Waals surface area contributed by atoms with Crippen molar-refractivity contribution in [1.82, 2.24) is 9.78 Å². The number of ether oxygens (including phenoxy) is 1. The molecular formula is C18H20N2O3. The zero-order valence-electron chi connectivity index (χ0n) is 13.6. The molecule has 1 heterocycles. The Hall–Kier alpha value is -2.69. The fraction of sp³-hybridized carbons (Fsp3) is 0.278. The van der Waals surface area contributed by atoms with Gasteiger partial charge < -0.3 is 4.74 Å². The molecule has 0 spiro atoms. The number of nitrogens with zero attached hydrogens (tertiary/aromatic N) is 2. The van der Waals surface area contributed by atoms with Crippen LogP contribution in [0.15, 0.2) is 41.7 Å². The van der Waals surface area contributed by atoms with Crippen LogP contribution in [-0.2, 0) is 11.3 Å². The first-order valence-corrected chi connectivity index (χ1v) is 7.45. The third kappa shape index (κ3) is 3.56. The third-order valence-corrected chi connectivity index (χ3v) is 3.57. The van der Waals surface area contributed by atoms with Gasteiger partial charge in [0, 0.05) is 5.56 Å². The maximum atomic E-state index is 12.3. The molecule has 0 aliphatic carbocycles. The predicted octanol–water partition coefficient (Wildman–Crippen LogP) is 2.89. The summed E-state index contributed by atoms with van der Waals surface area (Å²) in [5.74, 6) is -0.636. The van der Waals surface area contributed by atoms with E-state index in [0.29, 0.717) is 5.69 Å². The molecule has 1 aromatic heterocycles. The molecule has 0 aliphatic heterocycles. The second kappa shape index (κ2) is 7.05. The van der Waals surface area contributed by atoms with Crippen molar-refractivity contribution < 1.29 is 9.53 Å². The number of carbonyl (C=O) groups is 1. The summed E-state index contributed by atoms with van der Waals surface area (Å²) < 4.78 is 6.20. The Morgan fingerprint density at radius 1 is 1.30 bits per heavy atom. The quantitative estimate of drug-likeness (QED) is 0.629. The lowest BCUT2D eigenvalue weighted by Crippen LogP contribution is -2.29. The van der Waals surface area contributed by atoms with Crippen molar-refractivity contribution in [2.45, 2.75) is 27.3 Å². The smallest absolute Gasteiger partial charge is 0.343 e. The predicted molar refractivity (Wildman–Crippen MR) is 89.6 cm³/mol. The fourth-order valence-corrected chi connectivity index (χ4v) is 2.18. The molecule has 5 nitrogen and oxygen atoms in total. The number of esters is 1. The highest BCUT2D eigenvalue weighted by Gasteiger charge is 2.17. The molecule has 0 bridgehead atoms. The van der Waals surface area contributed by atoms with Gasteiger partial charge in [0.05, 0.1) is 18.8 Å². The number of carbonyl (C=O) groups excluding carboxylic acids is 1. The number of hydrogen-bond donors (Lipinski definition) is 0. The maximum Gasteiger partial charge on any atom is 0.343 e. The largest absolute Gasteiger partial charge is 0.462 e. The minimum atomic E-state index is -0.636. The highest BCUT2D eigenvalue weighted by atomic mass is 16.5. The zero-order chi connectivity index (χ0) is 17.0. The van der Waals surface area contributed by atoms with Gasteiger partial charge in [0.25, 0.3) is 5.56 Å². The summed E-state index contributed by atoms with van der Waals surface area (Å²) in [5.41, 5.74) is 3.18. The lowest BCUT2D eigenvalue weighted by atomic mass is 10.0. The molecule has 1 aromatic carbocycles. The summed E-state index contributed by atoms with van der Waals surface area (Å²) >= 11 is 0. The number of aryl methyl sites for hydroxylation is 2. The van der Waals surface area contributed by atoms with Crippen LogP contribution in [0.5, 0.6) is 0 Å². The molecule has 0 aliphatic rings. The summed E-state index contributed by atoms with van der Waals surface area (Å²) in [6.07, 6.45) is 1.56. The van der Waals surface area contributed by atoms with E-state index in [-0.39, 0.29) is 18.7 Å². The molecule has 120 valence electrons. The van der Waals surface area contributed by atoms with Gasteiger partial charge in [0.1, 0.15) is 5.56 Å². The van der Waals surface area contributed by atoms with Crippen molar-refractivity contribution in [2.75, 3.05) is 6.61 Å². The average Bonchev–Trinajstić information content (AvgIpc) is 2.52. The summed E-state index contributed by atoms with van der Waals surface area (Å²) in [6, 6.07) is 7.38. The lowest BCUT2D eigenvalue weighted by molar-refractivity contribution is 0.0523. The van der Waals surface area contributed by atoms with Gasteiger partial charge in [-0.15, -0.1) is 6.58 Å². The molecule has 2 aromatic rings. The van der Waals surface area contributed by atoms with E-state index in [1.165, 1.54) is 16.3 Å². The number of allylic oxidation sites excluding steroid dienone is 1. The van der Waals surface area contributed by atoms with Gasteiger partial charge in [-0.3, -0.25) is 4.79 Å². The molecule has 0 saturated heterocycles. The number of rotatable bonds is 5. The van der Waals surface area contributed by atoms with Crippen molar-refractivity contribution in [2.24, 2.45) is 0 Å². The van der Waals surface area contributed by atoms with Crippen molar-refractivity contribution in [3.05, 3.63) is 64.0 Å². The monoisotopic (exact) mass is 312 g/mol. The molecule has 5 heteroatoms. The SMILES string of the molecule is C=CCn1nc(-c2ccc(C)c(C)c2)cc(C(=O)OCC)c1=O. The molecule has 0 fully saturated rings. The molecule has 0 radical (unpaired) electrons. The van der Waals surface area contributed by atoms with Crippen molar-refractivity contribution >= 4 is 5.97 Å². The standard InChI is InChI=1S/C18H20N2O3/c1-5-9-20-17(21)15(18(22)23-6-2)11-16(19-20)14-8-7-12(3)13(4)10-14/h5,7-8,10-11H,1,6,9H2,2-4H3. The summed E-state index contributed by atoms with van der Waals surface area (Å²) in [4.78, 5) is 24.4. The van der Waals surface area contributed by atoms with Crippen LogP contribution >= 0.6 is 0 Å². The molecule has 0 unspecified atom stereocenters. The van der Waals surface area contributed by atoms with Crippen LogP contribution in [-0.4, -0.2) is 22.4 Å². The van der Waals surface area contributed by atoms with Crippen molar-refractivity contribution in [3.8, 4) is 11.3 Å². The number of benzene rings is 1. The Kier molecular flexibility index (Phi) is 5.11. The molecule has 0 amide bonds. The van der Waals surface area contributed by atoms with Gasteiger partial charge in [-0.1, -0.05) is 18.2 Å². The van der Waals surface area contributed by atoms with Crippen LogP contribution in [0.2, 0.25) is 0 Å². The van der Waals surface area contributed by atoms with Crippen LogP contribution in [0.3, 0.4) is 0 Å². The Bertz CT molecular complexity index is 806. The molecule has 0 atom stereocenters. The van der Waals surface area contributed by atoms with E-state index < -0.39 is 11.5 Å². The van der Waals surface area contributed by atoms with Gasteiger partial charge in [-0.25, -0.2) is 9.48 Å². The minimum absolute atomic E-state index is 0.0167. The highest BCUT2D eigenvalue weighted by Crippen LogP contribution is 2.20. The van der Waals surface area contributed by atoms with Crippen LogP contribution in [0.4, 0.5) is 0 Å². The second-order valence-corrected chi connectivity index (χ2v) is 5.24. The molecule has 2 rings (SSSR count). The Morgan fingerprint density at radius 3 is 2.65 bits per heavy atom. The van der Waals surface area contributed by atoms with E-state index in [1.54, 1.807) is 13.0 Å². The lowest BCUT2D eigenvalue weighted by Gasteiger charge is -2.10. The van der Waals surface area contributed by atoms with Crippen molar-refractivity contribution in [1.29, 1.82) is 0 Å². The number of hydrogen-bond acceptors (Lipinski definition) is 4. The molecule has 0 N–H and O–H groups in total. The normalized spacial score (nSPS) is 10.4. The second-order valence-electron chi connectivity index (χ2n) is 5.24. The summed E-state index contributed by atoms with van der Waals surface area (Å²) in [6.45, 7) is 9.78. The van der Waals surface area contributed by atoms with E-state index in [9.17, 15) is 9.59 Å². The van der Waals surface area contributed by atoms with E-state index in [4.69, 9.17) is 4.74 Å². The van der Waals surface area contributed by atoms with Gasteiger partial charge in [-0.05, 0) is 44.0 Å². The van der Waals surface area contributed by atoms with Gasteiger partial charge in [0.15, 0.2) is 0 Å². The Balaban J connectivity index is 2.63. The highest BCUT2D eigenvalue weighted by molar-refractivity contribution is 5.90. The maximum absolute atomic E-state index is 12.3. The molecule has 23 heavy (non-hydrogen) atoms. The van der Waals surface area contributed by atoms with E-state index in [1.807, 2.05) is 32.0 Å². The first-order chi connectivity index (χ1) is 11.0. The van der Waals surface area contributed by atoms with E-state index >= 15 is 0 Å². The fourth-order valence-electron chi connectivity index (χ4n) is 2.18. The van der Waals surface area contributed by atoms with Gasteiger partial charge in [-0.2, -0.15) is 5.10 Å². The number of aromatic nitrogens is 2. The average molecular weight is 312 g/mol. The van der Waals surface area contributed by atoms with E-state index in [0.717, 1.165) is 11.1 Å². The van der Waals surface area contributed by atoms with Crippen LogP contribution in [0, 0.1) is 13.8 Å². The first-order valence-electron chi connectivity index (χ1n) is 7.45. The third-order valence-electron chi connectivity index (χ3n) is 3.57. The summed E-state index contributed by atoms with van der Waals surface area (Å²) in [7, 11) is 0. The van der Waals surface area contributed by atoms with Crippen LogP contribution in [0.1, 0.15) is 28.4 Å². The van der Waals surface area contributed by atoms with Crippen LogP contribution < -0.4 is 5.56 Å². The van der Waals surface area contributed by atoms with Gasteiger partial charge >= 0.3 is 5.97 Å². The Morgan fingerprint density at radius 2 is 2.04 bits per heavy atom. The summed E-state index contributed by atoms with van der Waals surface area (Å²) in [5, 5.41) is 4.33. The first kappa shape index (κ1) is 16.7. The van der Waals surface area contributed by atoms with E-state index in [2.05, 4.69) is 11.7 Å². The zero-order valence-corrected chi connectivity index (χ0v) is 13.6. The molecule has 0 saturated carbocycles. The topological polar surface area (TPSA) is 61.2 Å². The van der Waals surface area contributed by atoms with Crippen LogP contribution in [0.25, 0.3) is 11.3 Å². The Labute approximate surface area is 135 Å². The minimum Gasteiger partial charge on any atom is -0.462 e. The molecular weight excluding hydrogens is 292 g/mol.